The van der Waals surface area contributed by atoms with Crippen LogP contribution in [-0.2, 0) is 0 Å². The maximum atomic E-state index is 12.7. The number of rotatable bonds is 2. The topological polar surface area (TPSA) is 0 Å². The molecule has 0 saturated carbocycles. The number of benzene rings is 1. The summed E-state index contributed by atoms with van der Waals surface area (Å²) in [5, 5.41) is 0. The van der Waals surface area contributed by atoms with E-state index in [1.165, 1.54) is 21.9 Å². The molecule has 0 amide bonds. The first-order valence-electron chi connectivity index (χ1n) is 4.62. The summed E-state index contributed by atoms with van der Waals surface area (Å²) >= 11 is 5.37. The average Bonchev–Trinajstić information content (AvgIpc) is 2.65. The minimum atomic E-state index is -0.194. The van der Waals surface area contributed by atoms with E-state index in [1.54, 1.807) is 11.3 Å². The van der Waals surface area contributed by atoms with Crippen LogP contribution in [0.15, 0.2) is 36.4 Å². The molecular formula is C12H10BrFS. The van der Waals surface area contributed by atoms with Crippen molar-refractivity contribution >= 4 is 27.3 Å². The number of halogens is 2. The molecule has 0 nitrogen and oxygen atoms in total. The Bertz CT molecular complexity index is 447. The minimum Gasteiger partial charge on any atom is -0.207 e. The molecule has 0 radical (unpaired) electrons. The fourth-order valence-corrected chi connectivity index (χ4v) is 3.01. The molecule has 1 aromatic heterocycles. The lowest BCUT2D eigenvalue weighted by atomic mass is 10.1. The summed E-state index contributed by atoms with van der Waals surface area (Å²) in [6.45, 7) is 2.08. The first-order valence-corrected chi connectivity index (χ1v) is 6.36. The predicted molar refractivity (Wildman–Crippen MR) is 66.2 cm³/mol. The fourth-order valence-electron chi connectivity index (χ4n) is 1.39. The lowest BCUT2D eigenvalue weighted by Gasteiger charge is -2.07. The third-order valence-electron chi connectivity index (χ3n) is 2.17. The highest BCUT2D eigenvalue weighted by Crippen LogP contribution is 2.34. The molecule has 1 heterocycles. The summed E-state index contributed by atoms with van der Waals surface area (Å²) in [4.78, 5) is 2.70. The van der Waals surface area contributed by atoms with Crippen molar-refractivity contribution in [3.8, 4) is 0 Å². The highest BCUT2D eigenvalue weighted by Gasteiger charge is 2.11. The summed E-state index contributed by atoms with van der Waals surface area (Å²) < 4.78 is 12.7. The predicted octanol–water partition coefficient (Wildman–Crippen LogP) is 4.68. The summed E-state index contributed by atoms with van der Waals surface area (Å²) in [5.74, 6) is -0.194. The number of hydrogen-bond donors (Lipinski definition) is 0. The van der Waals surface area contributed by atoms with Crippen LogP contribution in [0.25, 0.3) is 0 Å². The van der Waals surface area contributed by atoms with E-state index >= 15 is 0 Å². The summed E-state index contributed by atoms with van der Waals surface area (Å²) in [6, 6.07) is 10.8. The molecule has 0 spiro atoms. The van der Waals surface area contributed by atoms with Gasteiger partial charge in [0.1, 0.15) is 5.82 Å². The Kier molecular flexibility index (Phi) is 3.22. The smallest absolute Gasteiger partial charge is 0.123 e. The van der Waals surface area contributed by atoms with Crippen molar-refractivity contribution in [1.82, 2.24) is 0 Å². The van der Waals surface area contributed by atoms with Crippen molar-refractivity contribution in [3.63, 3.8) is 0 Å². The lowest BCUT2D eigenvalue weighted by Crippen LogP contribution is -1.89. The van der Waals surface area contributed by atoms with Gasteiger partial charge in [-0.2, -0.15) is 0 Å². The molecule has 1 unspecified atom stereocenters. The molecule has 0 aliphatic heterocycles. The molecule has 3 heteroatoms. The Morgan fingerprint density at radius 1 is 1.13 bits per heavy atom. The Morgan fingerprint density at radius 3 is 2.33 bits per heavy atom. The molecule has 1 atom stereocenters. The molecule has 0 aliphatic carbocycles. The molecule has 2 rings (SSSR count). The average molecular weight is 285 g/mol. The molecule has 78 valence electrons. The monoisotopic (exact) mass is 284 g/mol. The minimum absolute atomic E-state index is 0.164. The maximum absolute atomic E-state index is 12.7. The standard InChI is InChI=1S/C12H10BrFS/c1-8-2-7-11(15-8)12(13)9-3-5-10(14)6-4-9/h2-7,12H,1H3. The third-order valence-corrected chi connectivity index (χ3v) is 4.56. The maximum Gasteiger partial charge on any atom is 0.123 e. The normalized spacial score (nSPS) is 12.7. The lowest BCUT2D eigenvalue weighted by molar-refractivity contribution is 0.627. The zero-order valence-corrected chi connectivity index (χ0v) is 10.6. The summed E-state index contributed by atoms with van der Waals surface area (Å²) in [6.07, 6.45) is 0. The van der Waals surface area contributed by atoms with Crippen molar-refractivity contribution in [2.45, 2.75) is 11.8 Å². The van der Waals surface area contributed by atoms with Gasteiger partial charge in [-0.15, -0.1) is 11.3 Å². The first-order chi connectivity index (χ1) is 7.16. The van der Waals surface area contributed by atoms with Crippen molar-refractivity contribution in [1.29, 1.82) is 0 Å². The van der Waals surface area contributed by atoms with Crippen LogP contribution < -0.4 is 0 Å². The SMILES string of the molecule is Cc1ccc(C(Br)c2ccc(F)cc2)s1. The highest BCUT2D eigenvalue weighted by molar-refractivity contribution is 9.09. The van der Waals surface area contributed by atoms with Gasteiger partial charge in [-0.25, -0.2) is 4.39 Å². The van der Waals surface area contributed by atoms with Crippen LogP contribution in [-0.4, -0.2) is 0 Å². The van der Waals surface area contributed by atoms with Crippen molar-refractivity contribution in [3.05, 3.63) is 57.5 Å². The van der Waals surface area contributed by atoms with Gasteiger partial charge < -0.3 is 0 Å². The molecule has 0 saturated heterocycles. The third kappa shape index (κ3) is 2.47. The fraction of sp³-hybridized carbons (Fsp3) is 0.167. The van der Waals surface area contributed by atoms with E-state index in [2.05, 4.69) is 35.0 Å². The number of aryl methyl sites for hydroxylation is 1. The van der Waals surface area contributed by atoms with E-state index in [-0.39, 0.29) is 10.6 Å². The number of thiophene rings is 1. The van der Waals surface area contributed by atoms with Gasteiger partial charge in [-0.1, -0.05) is 28.1 Å². The second kappa shape index (κ2) is 4.45. The van der Waals surface area contributed by atoms with E-state index in [0.29, 0.717) is 0 Å². The summed E-state index contributed by atoms with van der Waals surface area (Å²) in [7, 11) is 0. The molecular weight excluding hydrogens is 275 g/mol. The van der Waals surface area contributed by atoms with Crippen LogP contribution in [0.5, 0.6) is 0 Å². The van der Waals surface area contributed by atoms with E-state index < -0.39 is 0 Å². The molecule has 0 N–H and O–H groups in total. The largest absolute Gasteiger partial charge is 0.207 e. The van der Waals surface area contributed by atoms with Gasteiger partial charge in [0, 0.05) is 9.75 Å². The molecule has 1 aromatic carbocycles. The Hall–Kier alpha value is -0.670. The van der Waals surface area contributed by atoms with Crippen LogP contribution >= 0.6 is 27.3 Å². The first kappa shape index (κ1) is 10.8. The van der Waals surface area contributed by atoms with Gasteiger partial charge >= 0.3 is 0 Å². The van der Waals surface area contributed by atoms with E-state index in [9.17, 15) is 4.39 Å². The second-order valence-electron chi connectivity index (χ2n) is 3.36. The molecule has 15 heavy (non-hydrogen) atoms. The summed E-state index contributed by atoms with van der Waals surface area (Å²) in [5.41, 5.74) is 1.08. The molecule has 0 aliphatic rings. The zero-order valence-electron chi connectivity index (χ0n) is 8.21. The second-order valence-corrected chi connectivity index (χ2v) is 5.60. The van der Waals surface area contributed by atoms with Gasteiger partial charge in [0.05, 0.1) is 4.83 Å². The van der Waals surface area contributed by atoms with Crippen molar-refractivity contribution < 1.29 is 4.39 Å². The van der Waals surface area contributed by atoms with Crippen molar-refractivity contribution in [2.75, 3.05) is 0 Å². The van der Waals surface area contributed by atoms with Gasteiger partial charge in [0.2, 0.25) is 0 Å². The van der Waals surface area contributed by atoms with Crippen LogP contribution in [0.4, 0.5) is 4.39 Å². The molecule has 0 bridgehead atoms. The number of hydrogen-bond acceptors (Lipinski definition) is 1. The van der Waals surface area contributed by atoms with Crippen LogP contribution in [0.1, 0.15) is 20.1 Å². The van der Waals surface area contributed by atoms with Crippen LogP contribution in [0.2, 0.25) is 0 Å². The molecule has 2 aromatic rings. The quantitative estimate of drug-likeness (QED) is 0.703. The zero-order chi connectivity index (χ0) is 10.8. The van der Waals surface area contributed by atoms with Gasteiger partial charge in [-0.05, 0) is 36.8 Å². The Balaban J connectivity index is 2.28. The van der Waals surface area contributed by atoms with Crippen molar-refractivity contribution in [2.24, 2.45) is 0 Å². The Labute approximate surface area is 101 Å². The van der Waals surface area contributed by atoms with Gasteiger partial charge in [-0.3, -0.25) is 0 Å². The van der Waals surface area contributed by atoms with Crippen LogP contribution in [0, 0.1) is 12.7 Å². The van der Waals surface area contributed by atoms with Gasteiger partial charge in [0.25, 0.3) is 0 Å². The number of alkyl halides is 1. The highest BCUT2D eigenvalue weighted by atomic mass is 79.9. The van der Waals surface area contributed by atoms with Gasteiger partial charge in [0.15, 0.2) is 0 Å². The Morgan fingerprint density at radius 2 is 1.80 bits per heavy atom. The van der Waals surface area contributed by atoms with E-state index in [0.717, 1.165) is 5.56 Å². The van der Waals surface area contributed by atoms with E-state index in [4.69, 9.17) is 0 Å². The molecule has 0 fully saturated rings. The van der Waals surface area contributed by atoms with E-state index in [1.807, 2.05) is 12.1 Å². The van der Waals surface area contributed by atoms with Crippen LogP contribution in [0.3, 0.4) is 0 Å².